The number of amides is 1. The molecule has 0 bridgehead atoms. The smallest absolute Gasteiger partial charge is 0.279 e. The van der Waals surface area contributed by atoms with E-state index in [1.54, 1.807) is 7.11 Å². The molecule has 0 atom stereocenters. The van der Waals surface area contributed by atoms with Crippen molar-refractivity contribution in [2.75, 3.05) is 50.1 Å². The van der Waals surface area contributed by atoms with E-state index in [0.29, 0.717) is 6.54 Å². The first kappa shape index (κ1) is 20.3. The van der Waals surface area contributed by atoms with Crippen molar-refractivity contribution >= 4 is 17.3 Å². The van der Waals surface area contributed by atoms with Gasteiger partial charge in [-0.25, -0.2) is 0 Å². The number of nitrogens with one attached hydrogen (secondary N) is 2. The van der Waals surface area contributed by atoms with Gasteiger partial charge in [-0.3, -0.25) is 9.78 Å². The number of hydrogen-bond acceptors (Lipinski definition) is 4. The fourth-order valence-corrected chi connectivity index (χ4v) is 5.44. The average Bonchev–Trinajstić information content (AvgIpc) is 3.28. The summed E-state index contributed by atoms with van der Waals surface area (Å²) in [6.45, 7) is 4.31. The minimum absolute atomic E-state index is 0.147. The highest BCUT2D eigenvalue weighted by molar-refractivity contribution is 5.93. The zero-order valence-corrected chi connectivity index (χ0v) is 18.5. The van der Waals surface area contributed by atoms with E-state index in [1.807, 2.05) is 12.1 Å². The topological polar surface area (TPSA) is 58.9 Å². The van der Waals surface area contributed by atoms with Crippen LogP contribution in [0.2, 0.25) is 0 Å². The number of aryl methyl sites for hydroxylation is 2. The van der Waals surface area contributed by atoms with Gasteiger partial charge in [-0.15, -0.1) is 0 Å². The molecule has 6 heteroatoms. The minimum atomic E-state index is 0.147. The summed E-state index contributed by atoms with van der Waals surface area (Å²) in [5.41, 5.74) is 7.36. The molecule has 1 aliphatic heterocycles. The number of benzene rings is 1. The van der Waals surface area contributed by atoms with Gasteiger partial charge in [0, 0.05) is 11.4 Å². The summed E-state index contributed by atoms with van der Waals surface area (Å²) in [6, 6.07) is 8.18. The van der Waals surface area contributed by atoms with E-state index in [-0.39, 0.29) is 5.91 Å². The van der Waals surface area contributed by atoms with Crippen molar-refractivity contribution < 1.29 is 14.4 Å². The van der Waals surface area contributed by atoms with Crippen molar-refractivity contribution in [2.24, 2.45) is 0 Å². The Kier molecular flexibility index (Phi) is 5.81. The molecule has 1 saturated heterocycles. The van der Waals surface area contributed by atoms with Crippen LogP contribution in [0, 0.1) is 0 Å². The van der Waals surface area contributed by atoms with E-state index in [9.17, 15) is 4.79 Å². The molecule has 2 heterocycles. The monoisotopic (exact) mass is 421 g/mol. The molecule has 0 saturated carbocycles. The predicted octanol–water partition coefficient (Wildman–Crippen LogP) is 1.80. The highest BCUT2D eigenvalue weighted by Crippen LogP contribution is 2.35. The van der Waals surface area contributed by atoms with Crippen molar-refractivity contribution in [3.63, 3.8) is 0 Å². The molecule has 31 heavy (non-hydrogen) atoms. The lowest BCUT2D eigenvalue weighted by Crippen LogP contribution is -3.15. The van der Waals surface area contributed by atoms with E-state index in [2.05, 4.69) is 22.3 Å². The fraction of sp³-hybridized carbons (Fsp3) is 0.520. The second kappa shape index (κ2) is 8.87. The van der Waals surface area contributed by atoms with Crippen LogP contribution in [-0.4, -0.2) is 50.7 Å². The van der Waals surface area contributed by atoms with Gasteiger partial charge >= 0.3 is 0 Å². The maximum atomic E-state index is 13.0. The molecule has 3 aliphatic rings. The number of para-hydroxylation sites is 2. The third-order valence-electron chi connectivity index (χ3n) is 7.07. The van der Waals surface area contributed by atoms with Crippen molar-refractivity contribution in [3.05, 3.63) is 46.8 Å². The van der Waals surface area contributed by atoms with Gasteiger partial charge in [0.05, 0.1) is 44.7 Å². The summed E-state index contributed by atoms with van der Waals surface area (Å²) in [5.74, 6) is 1.06. The first-order valence-corrected chi connectivity index (χ1v) is 11.8. The third-order valence-corrected chi connectivity index (χ3v) is 7.07. The number of fused-ring (bicyclic) bond motifs is 2. The number of ether oxygens (including phenoxy) is 1. The summed E-state index contributed by atoms with van der Waals surface area (Å²) in [6.07, 6.45) is 7.79. The van der Waals surface area contributed by atoms with Gasteiger partial charge in [0.1, 0.15) is 5.75 Å². The molecule has 0 unspecified atom stereocenters. The van der Waals surface area contributed by atoms with Crippen LogP contribution >= 0.6 is 0 Å². The van der Waals surface area contributed by atoms with E-state index in [4.69, 9.17) is 9.72 Å². The summed E-state index contributed by atoms with van der Waals surface area (Å²) >= 11 is 0. The predicted molar refractivity (Wildman–Crippen MR) is 122 cm³/mol. The largest absolute Gasteiger partial charge is 0.495 e. The van der Waals surface area contributed by atoms with Gasteiger partial charge < -0.3 is 19.9 Å². The quantitative estimate of drug-likeness (QED) is 0.773. The van der Waals surface area contributed by atoms with Crippen LogP contribution in [-0.2, 0) is 30.5 Å². The Morgan fingerprint density at radius 1 is 1.03 bits per heavy atom. The van der Waals surface area contributed by atoms with Gasteiger partial charge in [-0.2, -0.15) is 0 Å². The normalized spacial score (nSPS) is 18.4. The SMILES string of the molecule is COc1ccccc1N1CC[NH+](CC(=O)Nc2c3c(nc4c2CCC4)CCCC3)CC1. The van der Waals surface area contributed by atoms with Crippen molar-refractivity contribution in [1.82, 2.24) is 4.98 Å². The Morgan fingerprint density at radius 3 is 2.48 bits per heavy atom. The van der Waals surface area contributed by atoms with Gasteiger partial charge in [0.25, 0.3) is 5.91 Å². The van der Waals surface area contributed by atoms with Crippen molar-refractivity contribution in [2.45, 2.75) is 44.9 Å². The molecular weight excluding hydrogens is 388 g/mol. The van der Waals surface area contributed by atoms with Crippen LogP contribution in [0.5, 0.6) is 5.75 Å². The average molecular weight is 422 g/mol. The Hall–Kier alpha value is -2.60. The maximum absolute atomic E-state index is 13.0. The number of pyridine rings is 1. The van der Waals surface area contributed by atoms with Gasteiger partial charge in [0.2, 0.25) is 0 Å². The van der Waals surface area contributed by atoms with Crippen LogP contribution in [0.1, 0.15) is 41.8 Å². The minimum Gasteiger partial charge on any atom is -0.495 e. The first-order valence-electron chi connectivity index (χ1n) is 11.8. The summed E-state index contributed by atoms with van der Waals surface area (Å²) in [4.78, 5) is 21.7. The molecule has 1 aromatic carbocycles. The van der Waals surface area contributed by atoms with E-state index < -0.39 is 0 Å². The number of aromatic nitrogens is 1. The molecule has 2 aliphatic carbocycles. The van der Waals surface area contributed by atoms with E-state index in [0.717, 1.165) is 75.4 Å². The van der Waals surface area contributed by atoms with Crippen molar-refractivity contribution in [3.8, 4) is 5.75 Å². The lowest BCUT2D eigenvalue weighted by atomic mass is 9.92. The highest BCUT2D eigenvalue weighted by Gasteiger charge is 2.28. The molecule has 0 spiro atoms. The maximum Gasteiger partial charge on any atom is 0.279 e. The highest BCUT2D eigenvalue weighted by atomic mass is 16.5. The molecule has 2 aromatic rings. The van der Waals surface area contributed by atoms with Crippen molar-refractivity contribution in [1.29, 1.82) is 0 Å². The lowest BCUT2D eigenvalue weighted by molar-refractivity contribution is -0.892. The molecular formula is C25H33N4O2+. The standard InChI is InChI=1S/C25H32N4O2/c1-31-23-12-5-4-11-22(23)29-15-13-28(14-16-29)17-24(30)27-25-18-7-2-3-9-20(18)26-21-10-6-8-19(21)25/h4-5,11-12H,2-3,6-10,13-17H2,1H3,(H,26,27,30)/p+1. The molecule has 6 nitrogen and oxygen atoms in total. The summed E-state index contributed by atoms with van der Waals surface area (Å²) < 4.78 is 5.52. The second-order valence-electron chi connectivity index (χ2n) is 9.03. The number of rotatable bonds is 5. The van der Waals surface area contributed by atoms with Crippen LogP contribution < -0.4 is 19.9 Å². The Labute approximate surface area is 184 Å². The number of carbonyl (C=O) groups excluding carboxylic acids is 1. The molecule has 1 aromatic heterocycles. The van der Waals surface area contributed by atoms with Gasteiger partial charge in [-0.1, -0.05) is 12.1 Å². The second-order valence-corrected chi connectivity index (χ2v) is 9.03. The van der Waals surface area contributed by atoms with Crippen LogP contribution in [0.3, 0.4) is 0 Å². The zero-order chi connectivity index (χ0) is 21.2. The number of anilines is 2. The molecule has 164 valence electrons. The Balaban J connectivity index is 1.23. The lowest BCUT2D eigenvalue weighted by Gasteiger charge is -2.34. The molecule has 1 amide bonds. The Bertz CT molecular complexity index is 966. The first-order chi connectivity index (χ1) is 15.2. The number of nitrogens with zero attached hydrogens (tertiary/aromatic N) is 2. The summed E-state index contributed by atoms with van der Waals surface area (Å²) in [7, 11) is 1.72. The van der Waals surface area contributed by atoms with Gasteiger partial charge in [0.15, 0.2) is 6.54 Å². The van der Waals surface area contributed by atoms with Crippen LogP contribution in [0.15, 0.2) is 24.3 Å². The molecule has 1 fully saturated rings. The third kappa shape index (κ3) is 4.13. The fourth-order valence-electron chi connectivity index (χ4n) is 5.44. The van der Waals surface area contributed by atoms with E-state index in [1.165, 1.54) is 40.3 Å². The van der Waals surface area contributed by atoms with Gasteiger partial charge in [-0.05, 0) is 68.2 Å². The molecule has 2 N–H and O–H groups in total. The van der Waals surface area contributed by atoms with Crippen LogP contribution in [0.25, 0.3) is 0 Å². The van der Waals surface area contributed by atoms with E-state index >= 15 is 0 Å². The number of methoxy groups -OCH3 is 1. The summed E-state index contributed by atoms with van der Waals surface area (Å²) in [5, 5.41) is 3.35. The number of quaternary nitrogens is 1. The molecule has 0 radical (unpaired) electrons. The Morgan fingerprint density at radius 2 is 1.71 bits per heavy atom. The molecule has 5 rings (SSSR count). The number of piperazine rings is 1. The zero-order valence-electron chi connectivity index (χ0n) is 18.5. The van der Waals surface area contributed by atoms with Crippen LogP contribution in [0.4, 0.5) is 11.4 Å². The number of hydrogen-bond donors (Lipinski definition) is 2. The number of carbonyl (C=O) groups is 1.